The third kappa shape index (κ3) is 2.99. The molecule has 5 nitrogen and oxygen atoms in total. The number of aryl methyl sites for hydroxylation is 1. The lowest BCUT2D eigenvalue weighted by atomic mass is 10.1. The fraction of sp³-hybridized carbons (Fsp3) is 0.0500. The molecular formula is C20H12Cl2N4O. The minimum Gasteiger partial charge on any atom is -0.339 e. The van der Waals surface area contributed by atoms with Crippen molar-refractivity contribution in [3.63, 3.8) is 0 Å². The molecule has 4 aromatic rings. The standard InChI is InChI=1S/C20H12Cl2N4O/c1-11-19(15-7-6-14(21)8-16(15)22)20-24-17(9-18(27)26(20)25-11)13-4-2-12(10-23)3-5-13/h2-9,24H,1H3. The molecule has 132 valence electrons. The number of hydrogen-bond donors (Lipinski definition) is 1. The molecular weight excluding hydrogens is 383 g/mol. The normalized spacial score (nSPS) is 10.9. The van der Waals surface area contributed by atoms with E-state index in [2.05, 4.69) is 16.2 Å². The van der Waals surface area contributed by atoms with Gasteiger partial charge in [0.15, 0.2) is 0 Å². The topological polar surface area (TPSA) is 74.0 Å². The van der Waals surface area contributed by atoms with Gasteiger partial charge in [-0.2, -0.15) is 14.9 Å². The molecule has 0 radical (unpaired) electrons. The molecule has 0 fully saturated rings. The third-order valence-electron chi connectivity index (χ3n) is 4.32. The summed E-state index contributed by atoms with van der Waals surface area (Å²) in [5, 5.41) is 14.3. The van der Waals surface area contributed by atoms with Crippen LogP contribution in [-0.4, -0.2) is 14.6 Å². The summed E-state index contributed by atoms with van der Waals surface area (Å²) < 4.78 is 1.32. The van der Waals surface area contributed by atoms with E-state index in [0.717, 1.165) is 16.7 Å². The molecule has 0 amide bonds. The summed E-state index contributed by atoms with van der Waals surface area (Å²) in [5.74, 6) is 0. The molecule has 0 spiro atoms. The smallest absolute Gasteiger partial charge is 0.274 e. The fourth-order valence-corrected chi connectivity index (χ4v) is 3.55. The van der Waals surface area contributed by atoms with Gasteiger partial charge in [0.25, 0.3) is 5.56 Å². The van der Waals surface area contributed by atoms with E-state index >= 15 is 0 Å². The molecule has 7 heteroatoms. The molecule has 0 saturated heterocycles. The van der Waals surface area contributed by atoms with Crippen LogP contribution in [0.2, 0.25) is 10.0 Å². The minimum atomic E-state index is -0.262. The number of aromatic amines is 1. The first-order valence-corrected chi connectivity index (χ1v) is 8.82. The predicted octanol–water partition coefficient (Wildman–Crippen LogP) is 4.84. The van der Waals surface area contributed by atoms with Gasteiger partial charge in [-0.3, -0.25) is 4.79 Å². The summed E-state index contributed by atoms with van der Waals surface area (Å²) in [6.45, 7) is 1.82. The Hall–Kier alpha value is -3.07. The number of rotatable bonds is 2. The van der Waals surface area contributed by atoms with Crippen LogP contribution in [0.1, 0.15) is 11.3 Å². The monoisotopic (exact) mass is 394 g/mol. The molecule has 0 atom stereocenters. The second kappa shape index (κ2) is 6.58. The van der Waals surface area contributed by atoms with Crippen molar-refractivity contribution in [2.24, 2.45) is 0 Å². The maximum Gasteiger partial charge on any atom is 0.274 e. The summed E-state index contributed by atoms with van der Waals surface area (Å²) in [6.07, 6.45) is 0. The zero-order chi connectivity index (χ0) is 19.1. The Morgan fingerprint density at radius 3 is 2.52 bits per heavy atom. The third-order valence-corrected chi connectivity index (χ3v) is 4.86. The van der Waals surface area contributed by atoms with Crippen molar-refractivity contribution in [1.29, 1.82) is 5.26 Å². The average Bonchev–Trinajstić information content (AvgIpc) is 2.98. The van der Waals surface area contributed by atoms with Gasteiger partial charge < -0.3 is 4.98 Å². The molecule has 0 saturated carbocycles. The number of benzene rings is 2. The molecule has 0 aliphatic carbocycles. The van der Waals surface area contributed by atoms with Crippen LogP contribution in [0.4, 0.5) is 0 Å². The van der Waals surface area contributed by atoms with Gasteiger partial charge >= 0.3 is 0 Å². The Bertz CT molecular complexity index is 1280. The van der Waals surface area contributed by atoms with Gasteiger partial charge in [0, 0.05) is 22.2 Å². The highest BCUT2D eigenvalue weighted by molar-refractivity contribution is 6.36. The van der Waals surface area contributed by atoms with Gasteiger partial charge in [-0.1, -0.05) is 41.4 Å². The van der Waals surface area contributed by atoms with Crippen LogP contribution in [0.3, 0.4) is 0 Å². The van der Waals surface area contributed by atoms with Crippen molar-refractivity contribution in [3.8, 4) is 28.5 Å². The zero-order valence-corrected chi connectivity index (χ0v) is 15.6. The van der Waals surface area contributed by atoms with E-state index in [-0.39, 0.29) is 5.56 Å². The van der Waals surface area contributed by atoms with Crippen molar-refractivity contribution in [2.45, 2.75) is 6.92 Å². The number of fused-ring (bicyclic) bond motifs is 1. The van der Waals surface area contributed by atoms with E-state index in [1.807, 2.05) is 6.92 Å². The molecule has 0 bridgehead atoms. The number of nitrogens with one attached hydrogen (secondary N) is 1. The van der Waals surface area contributed by atoms with Crippen LogP contribution in [-0.2, 0) is 0 Å². The summed E-state index contributed by atoms with van der Waals surface area (Å²) >= 11 is 12.4. The van der Waals surface area contributed by atoms with E-state index in [0.29, 0.717) is 32.6 Å². The van der Waals surface area contributed by atoms with Crippen molar-refractivity contribution >= 4 is 28.8 Å². The summed E-state index contributed by atoms with van der Waals surface area (Å²) in [5.41, 5.74) is 4.40. The van der Waals surface area contributed by atoms with Gasteiger partial charge in [-0.05, 0) is 36.8 Å². The van der Waals surface area contributed by atoms with E-state index in [9.17, 15) is 4.79 Å². The first-order valence-electron chi connectivity index (χ1n) is 8.06. The molecule has 2 aromatic carbocycles. The number of H-pyrrole nitrogens is 1. The SMILES string of the molecule is Cc1nn2c(=O)cc(-c3ccc(C#N)cc3)[nH]c2c1-c1ccc(Cl)cc1Cl. The molecule has 1 N–H and O–H groups in total. The molecule has 4 rings (SSSR count). The molecule has 2 aromatic heterocycles. The first-order chi connectivity index (χ1) is 13.0. The number of aromatic nitrogens is 3. The van der Waals surface area contributed by atoms with Crippen LogP contribution in [0.25, 0.3) is 28.0 Å². The molecule has 27 heavy (non-hydrogen) atoms. The van der Waals surface area contributed by atoms with E-state index in [4.69, 9.17) is 28.5 Å². The molecule has 2 heterocycles. The van der Waals surface area contributed by atoms with Crippen molar-refractivity contribution in [3.05, 3.63) is 80.2 Å². The Balaban J connectivity index is 1.98. The van der Waals surface area contributed by atoms with Crippen LogP contribution in [0, 0.1) is 18.3 Å². The highest BCUT2D eigenvalue weighted by atomic mass is 35.5. The maximum absolute atomic E-state index is 12.6. The largest absolute Gasteiger partial charge is 0.339 e. The van der Waals surface area contributed by atoms with Crippen LogP contribution in [0.15, 0.2) is 53.3 Å². The van der Waals surface area contributed by atoms with Gasteiger partial charge in [0.05, 0.1) is 28.0 Å². The lowest BCUT2D eigenvalue weighted by molar-refractivity contribution is 0.882. The Morgan fingerprint density at radius 2 is 1.85 bits per heavy atom. The Labute approximate surface area is 164 Å². The zero-order valence-electron chi connectivity index (χ0n) is 14.1. The predicted molar refractivity (Wildman–Crippen MR) is 106 cm³/mol. The first kappa shape index (κ1) is 17.3. The van der Waals surface area contributed by atoms with Crippen LogP contribution in [0.5, 0.6) is 0 Å². The van der Waals surface area contributed by atoms with Gasteiger partial charge in [-0.15, -0.1) is 0 Å². The molecule has 0 aliphatic rings. The Morgan fingerprint density at radius 1 is 1.11 bits per heavy atom. The Kier molecular flexibility index (Phi) is 4.23. The van der Waals surface area contributed by atoms with Crippen LogP contribution < -0.4 is 5.56 Å². The van der Waals surface area contributed by atoms with Crippen molar-refractivity contribution < 1.29 is 0 Å². The van der Waals surface area contributed by atoms with E-state index in [1.54, 1.807) is 42.5 Å². The number of halogens is 2. The lowest BCUT2D eigenvalue weighted by Gasteiger charge is -2.07. The molecule has 0 aliphatic heterocycles. The summed E-state index contributed by atoms with van der Waals surface area (Å²) in [4.78, 5) is 15.9. The van der Waals surface area contributed by atoms with Gasteiger partial charge in [0.2, 0.25) is 0 Å². The number of nitriles is 1. The number of nitrogens with zero attached hydrogens (tertiary/aromatic N) is 3. The highest BCUT2D eigenvalue weighted by Gasteiger charge is 2.17. The van der Waals surface area contributed by atoms with Gasteiger partial charge in [-0.25, -0.2) is 0 Å². The average molecular weight is 395 g/mol. The molecule has 0 unspecified atom stereocenters. The van der Waals surface area contributed by atoms with E-state index < -0.39 is 0 Å². The van der Waals surface area contributed by atoms with Crippen molar-refractivity contribution in [1.82, 2.24) is 14.6 Å². The van der Waals surface area contributed by atoms with Gasteiger partial charge in [0.1, 0.15) is 5.65 Å². The minimum absolute atomic E-state index is 0.262. The second-order valence-electron chi connectivity index (χ2n) is 6.06. The summed E-state index contributed by atoms with van der Waals surface area (Å²) in [7, 11) is 0. The second-order valence-corrected chi connectivity index (χ2v) is 6.90. The van der Waals surface area contributed by atoms with E-state index in [1.165, 1.54) is 10.6 Å². The maximum atomic E-state index is 12.6. The summed E-state index contributed by atoms with van der Waals surface area (Å²) in [6, 6.07) is 15.8. The lowest BCUT2D eigenvalue weighted by Crippen LogP contribution is -2.14. The van der Waals surface area contributed by atoms with Crippen molar-refractivity contribution in [2.75, 3.05) is 0 Å². The quantitative estimate of drug-likeness (QED) is 0.528. The highest BCUT2D eigenvalue weighted by Crippen LogP contribution is 2.34. The fourth-order valence-electron chi connectivity index (χ4n) is 3.04. The number of hydrogen-bond acceptors (Lipinski definition) is 3. The van der Waals surface area contributed by atoms with Crippen LogP contribution >= 0.6 is 23.2 Å².